The maximum absolute atomic E-state index is 10.9. The van der Waals surface area contributed by atoms with E-state index in [0.717, 1.165) is 12.1 Å². The van der Waals surface area contributed by atoms with Gasteiger partial charge in [-0.2, -0.15) is 0 Å². The zero-order valence-electron chi connectivity index (χ0n) is 12.5. The van der Waals surface area contributed by atoms with Crippen molar-refractivity contribution in [1.82, 2.24) is 4.90 Å². The summed E-state index contributed by atoms with van der Waals surface area (Å²) in [5.74, 6) is 0. The largest absolute Gasteiger partial charge is 0.384 e. The van der Waals surface area contributed by atoms with Crippen LogP contribution >= 0.6 is 0 Å². The topological polar surface area (TPSA) is 23.5 Å². The van der Waals surface area contributed by atoms with Crippen molar-refractivity contribution in [2.45, 2.75) is 32.0 Å². The van der Waals surface area contributed by atoms with Crippen molar-refractivity contribution in [3.63, 3.8) is 0 Å². The molecule has 0 unspecified atom stereocenters. The molecule has 0 aliphatic rings. The summed E-state index contributed by atoms with van der Waals surface area (Å²) < 4.78 is 0. The van der Waals surface area contributed by atoms with E-state index >= 15 is 0 Å². The SMILES string of the molecule is C[C@H](N(C)Cc1ccccc1)[C@](C)(O)c1ccccc1. The van der Waals surface area contributed by atoms with Crippen molar-refractivity contribution in [2.24, 2.45) is 0 Å². The average Bonchev–Trinajstić information content (AvgIpc) is 2.48. The molecule has 0 radical (unpaired) electrons. The average molecular weight is 269 g/mol. The Kier molecular flexibility index (Phi) is 4.58. The quantitative estimate of drug-likeness (QED) is 0.899. The van der Waals surface area contributed by atoms with Gasteiger partial charge in [0, 0.05) is 12.6 Å². The van der Waals surface area contributed by atoms with Gasteiger partial charge in [-0.25, -0.2) is 0 Å². The molecule has 0 spiro atoms. The lowest BCUT2D eigenvalue weighted by Gasteiger charge is -2.37. The molecule has 2 aromatic rings. The van der Waals surface area contributed by atoms with Gasteiger partial charge in [0.2, 0.25) is 0 Å². The normalized spacial score (nSPS) is 15.8. The van der Waals surface area contributed by atoms with Crippen LogP contribution in [0.5, 0.6) is 0 Å². The minimum atomic E-state index is -0.870. The molecule has 106 valence electrons. The monoisotopic (exact) mass is 269 g/mol. The van der Waals surface area contributed by atoms with E-state index < -0.39 is 5.60 Å². The third kappa shape index (κ3) is 3.27. The van der Waals surface area contributed by atoms with Crippen LogP contribution in [0, 0.1) is 0 Å². The molecule has 2 nitrogen and oxygen atoms in total. The van der Waals surface area contributed by atoms with E-state index in [0.29, 0.717) is 0 Å². The third-order valence-electron chi connectivity index (χ3n) is 4.11. The molecule has 0 aliphatic carbocycles. The molecule has 0 fully saturated rings. The van der Waals surface area contributed by atoms with Crippen LogP contribution in [0.4, 0.5) is 0 Å². The Morgan fingerprint density at radius 2 is 1.50 bits per heavy atom. The van der Waals surface area contributed by atoms with E-state index in [4.69, 9.17) is 0 Å². The van der Waals surface area contributed by atoms with Gasteiger partial charge in [-0.3, -0.25) is 4.90 Å². The van der Waals surface area contributed by atoms with E-state index in [2.05, 4.69) is 31.0 Å². The van der Waals surface area contributed by atoms with Gasteiger partial charge in [-0.15, -0.1) is 0 Å². The second kappa shape index (κ2) is 6.21. The van der Waals surface area contributed by atoms with Crippen LogP contribution < -0.4 is 0 Å². The Bertz CT molecular complexity index is 522. The van der Waals surface area contributed by atoms with Crippen LogP contribution in [0.25, 0.3) is 0 Å². The Morgan fingerprint density at radius 3 is 2.05 bits per heavy atom. The van der Waals surface area contributed by atoms with Gasteiger partial charge in [0.15, 0.2) is 0 Å². The van der Waals surface area contributed by atoms with Crippen LogP contribution in [-0.2, 0) is 12.1 Å². The lowest BCUT2D eigenvalue weighted by molar-refractivity contribution is -0.0252. The standard InChI is InChI=1S/C18H23NO/c1-15(18(2,20)17-12-8-5-9-13-17)19(3)14-16-10-6-4-7-11-16/h4-13,15,20H,14H2,1-3H3/t15-,18-/m0/s1. The second-order valence-electron chi connectivity index (χ2n) is 5.59. The summed E-state index contributed by atoms with van der Waals surface area (Å²) >= 11 is 0. The number of benzene rings is 2. The Balaban J connectivity index is 2.12. The smallest absolute Gasteiger partial charge is 0.102 e. The molecule has 0 amide bonds. The highest BCUT2D eigenvalue weighted by Gasteiger charge is 2.32. The first-order valence-corrected chi connectivity index (χ1v) is 7.04. The molecular weight excluding hydrogens is 246 g/mol. The maximum atomic E-state index is 10.9. The highest BCUT2D eigenvalue weighted by atomic mass is 16.3. The fraction of sp³-hybridized carbons (Fsp3) is 0.333. The number of rotatable bonds is 5. The number of aliphatic hydroxyl groups is 1. The maximum Gasteiger partial charge on any atom is 0.102 e. The summed E-state index contributed by atoms with van der Waals surface area (Å²) in [5.41, 5.74) is 1.34. The molecule has 0 heterocycles. The van der Waals surface area contributed by atoms with E-state index in [-0.39, 0.29) is 6.04 Å². The van der Waals surface area contributed by atoms with Crippen molar-refractivity contribution >= 4 is 0 Å². The predicted molar refractivity (Wildman–Crippen MR) is 83.4 cm³/mol. The van der Waals surface area contributed by atoms with Gasteiger partial charge in [-0.05, 0) is 32.0 Å². The van der Waals surface area contributed by atoms with Gasteiger partial charge in [0.1, 0.15) is 5.60 Å². The van der Waals surface area contributed by atoms with Crippen LogP contribution in [0.3, 0.4) is 0 Å². The van der Waals surface area contributed by atoms with Gasteiger partial charge < -0.3 is 5.11 Å². The summed E-state index contributed by atoms with van der Waals surface area (Å²) in [7, 11) is 2.05. The van der Waals surface area contributed by atoms with Crippen molar-refractivity contribution < 1.29 is 5.11 Å². The molecule has 2 rings (SSSR count). The molecule has 2 aromatic carbocycles. The van der Waals surface area contributed by atoms with Gasteiger partial charge in [-0.1, -0.05) is 60.7 Å². The minimum absolute atomic E-state index is 0.0186. The van der Waals surface area contributed by atoms with Crippen LogP contribution in [0.15, 0.2) is 60.7 Å². The van der Waals surface area contributed by atoms with Crippen molar-refractivity contribution in [3.05, 3.63) is 71.8 Å². The van der Waals surface area contributed by atoms with Gasteiger partial charge in [0.05, 0.1) is 0 Å². The van der Waals surface area contributed by atoms with Crippen LogP contribution in [0.1, 0.15) is 25.0 Å². The van der Waals surface area contributed by atoms with E-state index in [1.165, 1.54) is 5.56 Å². The molecule has 0 aromatic heterocycles. The second-order valence-corrected chi connectivity index (χ2v) is 5.59. The molecule has 0 aliphatic heterocycles. The summed E-state index contributed by atoms with van der Waals surface area (Å²) in [4.78, 5) is 2.18. The Labute approximate surface area is 121 Å². The zero-order chi connectivity index (χ0) is 14.6. The van der Waals surface area contributed by atoms with E-state index in [9.17, 15) is 5.11 Å². The Hall–Kier alpha value is -1.64. The molecule has 1 N–H and O–H groups in total. The highest BCUT2D eigenvalue weighted by Crippen LogP contribution is 2.27. The summed E-state index contributed by atoms with van der Waals surface area (Å²) in [6, 6.07) is 20.2. The fourth-order valence-electron chi connectivity index (χ4n) is 2.45. The lowest BCUT2D eigenvalue weighted by Crippen LogP contribution is -2.45. The predicted octanol–water partition coefficient (Wildman–Crippen LogP) is 3.41. The van der Waals surface area contributed by atoms with Crippen molar-refractivity contribution in [2.75, 3.05) is 7.05 Å². The zero-order valence-corrected chi connectivity index (χ0v) is 12.5. The minimum Gasteiger partial charge on any atom is -0.384 e. The number of nitrogens with zero attached hydrogens (tertiary/aromatic N) is 1. The number of likely N-dealkylation sites (N-methyl/N-ethyl adjacent to an activating group) is 1. The van der Waals surface area contributed by atoms with Crippen molar-refractivity contribution in [3.8, 4) is 0 Å². The Morgan fingerprint density at radius 1 is 1.00 bits per heavy atom. The van der Waals surface area contributed by atoms with E-state index in [1.807, 2.05) is 55.5 Å². The summed E-state index contributed by atoms with van der Waals surface area (Å²) in [6.07, 6.45) is 0. The molecule has 2 atom stereocenters. The number of hydrogen-bond donors (Lipinski definition) is 1. The first kappa shape index (κ1) is 14.8. The van der Waals surface area contributed by atoms with Gasteiger partial charge in [0.25, 0.3) is 0 Å². The fourth-order valence-corrected chi connectivity index (χ4v) is 2.45. The molecule has 0 saturated carbocycles. The summed E-state index contributed by atoms with van der Waals surface area (Å²) in [5, 5.41) is 10.9. The van der Waals surface area contributed by atoms with Crippen LogP contribution in [0.2, 0.25) is 0 Å². The number of hydrogen-bond acceptors (Lipinski definition) is 2. The molecule has 2 heteroatoms. The molecule has 20 heavy (non-hydrogen) atoms. The first-order valence-electron chi connectivity index (χ1n) is 7.04. The lowest BCUT2D eigenvalue weighted by atomic mass is 9.88. The molecule has 0 saturated heterocycles. The van der Waals surface area contributed by atoms with Crippen LogP contribution in [-0.4, -0.2) is 23.1 Å². The summed E-state index contributed by atoms with van der Waals surface area (Å²) in [6.45, 7) is 4.77. The van der Waals surface area contributed by atoms with Crippen molar-refractivity contribution in [1.29, 1.82) is 0 Å². The molecular formula is C18H23NO. The first-order chi connectivity index (χ1) is 9.51. The highest BCUT2D eigenvalue weighted by molar-refractivity contribution is 5.23. The van der Waals surface area contributed by atoms with E-state index in [1.54, 1.807) is 0 Å². The third-order valence-corrected chi connectivity index (χ3v) is 4.11. The van der Waals surface area contributed by atoms with Gasteiger partial charge >= 0.3 is 0 Å². The molecule has 0 bridgehead atoms.